The summed E-state index contributed by atoms with van der Waals surface area (Å²) in [6, 6.07) is -0.589. The molecule has 0 spiro atoms. The molecule has 0 unspecified atom stereocenters. The van der Waals surface area contributed by atoms with E-state index >= 15 is 0 Å². The topological polar surface area (TPSA) is 90.1 Å². The Hall–Kier alpha value is -2.18. The van der Waals surface area contributed by atoms with Crippen LogP contribution in [0.4, 0.5) is 5.69 Å². The zero-order chi connectivity index (χ0) is 12.1. The molecule has 0 saturated carbocycles. The molecule has 7 nitrogen and oxygen atoms in total. The number of nitro groups is 1. The third kappa shape index (κ3) is 2.66. The fraction of sp³-hybridized carbons (Fsp3) is 0.333. The Morgan fingerprint density at radius 3 is 3.06 bits per heavy atom. The van der Waals surface area contributed by atoms with Crippen molar-refractivity contribution in [2.45, 2.75) is 13.0 Å². The molecular formula is C9H12N4O3. The van der Waals surface area contributed by atoms with Gasteiger partial charge in [0.1, 0.15) is 18.4 Å². The molecule has 1 rings (SSSR count). The van der Waals surface area contributed by atoms with Crippen molar-refractivity contribution in [3.8, 4) is 0 Å². The first kappa shape index (κ1) is 11.9. The minimum Gasteiger partial charge on any atom is -0.351 e. The first-order valence-electron chi connectivity index (χ1n) is 4.63. The van der Waals surface area contributed by atoms with Gasteiger partial charge >= 0.3 is 5.69 Å². The molecule has 16 heavy (non-hydrogen) atoms. The van der Waals surface area contributed by atoms with E-state index in [1.165, 1.54) is 10.9 Å². The van der Waals surface area contributed by atoms with E-state index in [-0.39, 0.29) is 11.6 Å². The molecular weight excluding hydrogens is 212 g/mol. The second-order valence-electron chi connectivity index (χ2n) is 3.15. The largest absolute Gasteiger partial charge is 0.351 e. The number of amides is 1. The van der Waals surface area contributed by atoms with Gasteiger partial charge in [0.05, 0.1) is 4.92 Å². The van der Waals surface area contributed by atoms with Crippen LogP contribution in [-0.4, -0.2) is 27.2 Å². The van der Waals surface area contributed by atoms with Crippen molar-refractivity contribution in [1.29, 1.82) is 0 Å². The maximum atomic E-state index is 11.5. The van der Waals surface area contributed by atoms with E-state index in [9.17, 15) is 14.9 Å². The highest BCUT2D eigenvalue weighted by Gasteiger charge is 2.18. The average Bonchev–Trinajstić information content (AvgIpc) is 2.74. The van der Waals surface area contributed by atoms with E-state index in [0.29, 0.717) is 6.54 Å². The van der Waals surface area contributed by atoms with Gasteiger partial charge in [-0.2, -0.15) is 5.10 Å². The van der Waals surface area contributed by atoms with Crippen LogP contribution in [0.3, 0.4) is 0 Å². The highest BCUT2D eigenvalue weighted by atomic mass is 16.6. The zero-order valence-corrected chi connectivity index (χ0v) is 8.79. The molecule has 1 heterocycles. The summed E-state index contributed by atoms with van der Waals surface area (Å²) in [5.41, 5.74) is -0.136. The van der Waals surface area contributed by atoms with Gasteiger partial charge in [0.15, 0.2) is 0 Å². The van der Waals surface area contributed by atoms with Crippen molar-refractivity contribution >= 4 is 11.6 Å². The van der Waals surface area contributed by atoms with Crippen molar-refractivity contribution in [3.63, 3.8) is 0 Å². The Bertz CT molecular complexity index is 413. The molecule has 0 aliphatic rings. The van der Waals surface area contributed by atoms with Gasteiger partial charge in [-0.25, -0.2) is 0 Å². The summed E-state index contributed by atoms with van der Waals surface area (Å²) in [6.45, 7) is 5.43. The Kier molecular flexibility index (Phi) is 3.76. The number of nitrogens with one attached hydrogen (secondary N) is 1. The summed E-state index contributed by atoms with van der Waals surface area (Å²) in [4.78, 5) is 21.4. The normalized spacial score (nSPS) is 11.8. The van der Waals surface area contributed by atoms with Crippen molar-refractivity contribution in [3.05, 3.63) is 35.2 Å². The maximum absolute atomic E-state index is 11.5. The van der Waals surface area contributed by atoms with Crippen LogP contribution >= 0.6 is 0 Å². The summed E-state index contributed by atoms with van der Waals surface area (Å²) in [5.74, 6) is -0.266. The number of hydrogen-bond donors (Lipinski definition) is 1. The van der Waals surface area contributed by atoms with Crippen molar-refractivity contribution < 1.29 is 9.72 Å². The Morgan fingerprint density at radius 1 is 1.88 bits per heavy atom. The molecule has 7 heteroatoms. The van der Waals surface area contributed by atoms with Crippen LogP contribution in [0.25, 0.3) is 0 Å². The molecule has 1 atom stereocenters. The number of carbonyl (C=O) groups is 1. The molecule has 0 saturated heterocycles. The minimum atomic E-state index is -0.589. The van der Waals surface area contributed by atoms with Crippen LogP contribution in [0.15, 0.2) is 25.0 Å². The number of aromatic nitrogens is 2. The van der Waals surface area contributed by atoms with Gasteiger partial charge < -0.3 is 5.32 Å². The second-order valence-corrected chi connectivity index (χ2v) is 3.15. The third-order valence-corrected chi connectivity index (χ3v) is 2.00. The Morgan fingerprint density at radius 2 is 2.56 bits per heavy atom. The SMILES string of the molecule is C=CCNC(=O)[C@H](C)n1cc([N+](=O)[O-])cn1. The van der Waals surface area contributed by atoms with E-state index in [2.05, 4.69) is 17.0 Å². The van der Waals surface area contributed by atoms with Gasteiger partial charge in [0, 0.05) is 6.54 Å². The summed E-state index contributed by atoms with van der Waals surface area (Å²) in [5, 5.41) is 16.8. The van der Waals surface area contributed by atoms with Gasteiger partial charge in [-0.05, 0) is 6.92 Å². The molecule has 1 N–H and O–H groups in total. The van der Waals surface area contributed by atoms with Crippen LogP contribution in [0, 0.1) is 10.1 Å². The molecule has 0 aliphatic heterocycles. The van der Waals surface area contributed by atoms with Crippen LogP contribution in [0.1, 0.15) is 13.0 Å². The van der Waals surface area contributed by atoms with Gasteiger partial charge in [-0.15, -0.1) is 6.58 Å². The predicted molar refractivity (Wildman–Crippen MR) is 56.8 cm³/mol. The number of hydrogen-bond acceptors (Lipinski definition) is 4. The lowest BCUT2D eigenvalue weighted by Gasteiger charge is -2.10. The first-order valence-corrected chi connectivity index (χ1v) is 4.63. The molecule has 1 amide bonds. The lowest BCUT2D eigenvalue weighted by Crippen LogP contribution is -2.31. The number of rotatable bonds is 5. The summed E-state index contributed by atoms with van der Waals surface area (Å²) >= 11 is 0. The minimum absolute atomic E-state index is 0.136. The second kappa shape index (κ2) is 5.06. The zero-order valence-electron chi connectivity index (χ0n) is 8.79. The Labute approximate surface area is 91.9 Å². The highest BCUT2D eigenvalue weighted by molar-refractivity contribution is 5.79. The van der Waals surface area contributed by atoms with E-state index < -0.39 is 11.0 Å². The number of carbonyl (C=O) groups excluding carboxylic acids is 1. The molecule has 1 aromatic heterocycles. The summed E-state index contributed by atoms with van der Waals surface area (Å²) in [7, 11) is 0. The van der Waals surface area contributed by atoms with E-state index in [1.807, 2.05) is 0 Å². The van der Waals surface area contributed by atoms with Crippen molar-refractivity contribution in [1.82, 2.24) is 15.1 Å². The highest BCUT2D eigenvalue weighted by Crippen LogP contribution is 2.12. The van der Waals surface area contributed by atoms with E-state index in [0.717, 1.165) is 6.20 Å². The molecule has 0 aliphatic carbocycles. The van der Waals surface area contributed by atoms with Crippen LogP contribution in [0.2, 0.25) is 0 Å². The molecule has 86 valence electrons. The smallest absolute Gasteiger partial charge is 0.307 e. The van der Waals surface area contributed by atoms with Gasteiger partial charge in [-0.3, -0.25) is 19.6 Å². The third-order valence-electron chi connectivity index (χ3n) is 2.00. The summed E-state index contributed by atoms with van der Waals surface area (Å²) < 4.78 is 1.25. The summed E-state index contributed by atoms with van der Waals surface area (Å²) in [6.07, 6.45) is 3.88. The molecule has 0 fully saturated rings. The van der Waals surface area contributed by atoms with Crippen molar-refractivity contribution in [2.75, 3.05) is 6.54 Å². The van der Waals surface area contributed by atoms with Gasteiger partial charge in [0.2, 0.25) is 5.91 Å². The Balaban J connectivity index is 2.71. The lowest BCUT2D eigenvalue weighted by molar-refractivity contribution is -0.385. The van der Waals surface area contributed by atoms with Crippen molar-refractivity contribution in [2.24, 2.45) is 0 Å². The van der Waals surface area contributed by atoms with Crippen LogP contribution in [-0.2, 0) is 4.79 Å². The molecule has 1 aromatic rings. The van der Waals surface area contributed by atoms with E-state index in [4.69, 9.17) is 0 Å². The number of nitrogens with zero attached hydrogens (tertiary/aromatic N) is 3. The van der Waals surface area contributed by atoms with Crippen LogP contribution < -0.4 is 5.32 Å². The van der Waals surface area contributed by atoms with Crippen LogP contribution in [0.5, 0.6) is 0 Å². The standard InChI is InChI=1S/C9H12N4O3/c1-3-4-10-9(14)7(2)12-6-8(5-11-12)13(15)16/h3,5-7H,1,4H2,2H3,(H,10,14)/t7-/m0/s1. The quantitative estimate of drug-likeness (QED) is 0.451. The van der Waals surface area contributed by atoms with Gasteiger partial charge in [-0.1, -0.05) is 6.08 Å². The molecule has 0 radical (unpaired) electrons. The first-order chi connectivity index (χ1) is 7.56. The van der Waals surface area contributed by atoms with E-state index in [1.54, 1.807) is 13.0 Å². The van der Waals surface area contributed by atoms with Gasteiger partial charge in [0.25, 0.3) is 0 Å². The lowest BCUT2D eigenvalue weighted by atomic mass is 10.3. The fourth-order valence-electron chi connectivity index (χ4n) is 1.07. The monoisotopic (exact) mass is 224 g/mol. The predicted octanol–water partition coefficient (Wildman–Crippen LogP) is 0.654. The maximum Gasteiger partial charge on any atom is 0.307 e. The average molecular weight is 224 g/mol. The molecule has 0 aromatic carbocycles. The molecule has 0 bridgehead atoms. The fourth-order valence-corrected chi connectivity index (χ4v) is 1.07.